The van der Waals surface area contributed by atoms with E-state index in [-0.39, 0.29) is 0 Å². The van der Waals surface area contributed by atoms with Crippen LogP contribution in [0.25, 0.3) is 10.8 Å². The molecule has 0 aliphatic heterocycles. The SMILES string of the molecule is CSC(CCc1ccccc1)Cc1cccc2ccccc12. The first-order chi connectivity index (χ1) is 10.9. The molecule has 1 atom stereocenters. The van der Waals surface area contributed by atoms with E-state index in [2.05, 4.69) is 79.1 Å². The van der Waals surface area contributed by atoms with Crippen LogP contribution in [0.1, 0.15) is 17.5 Å². The van der Waals surface area contributed by atoms with Crippen LogP contribution in [0.5, 0.6) is 0 Å². The van der Waals surface area contributed by atoms with E-state index in [0.29, 0.717) is 5.25 Å². The molecule has 3 rings (SSSR count). The Kier molecular flexibility index (Phi) is 5.18. The first-order valence-corrected chi connectivity index (χ1v) is 9.19. The average Bonchev–Trinajstić information content (AvgIpc) is 2.59. The van der Waals surface area contributed by atoms with Crippen LogP contribution in [0.3, 0.4) is 0 Å². The third kappa shape index (κ3) is 3.72. The molecule has 0 saturated heterocycles. The van der Waals surface area contributed by atoms with Gasteiger partial charge in [0.15, 0.2) is 0 Å². The molecule has 1 unspecified atom stereocenters. The Morgan fingerprint density at radius 3 is 2.36 bits per heavy atom. The summed E-state index contributed by atoms with van der Waals surface area (Å²) >= 11 is 1.99. The van der Waals surface area contributed by atoms with Crippen molar-refractivity contribution < 1.29 is 0 Å². The molecule has 0 nitrogen and oxygen atoms in total. The van der Waals surface area contributed by atoms with Crippen molar-refractivity contribution in [2.45, 2.75) is 24.5 Å². The van der Waals surface area contributed by atoms with E-state index in [1.165, 1.54) is 28.3 Å². The van der Waals surface area contributed by atoms with Gasteiger partial charge in [-0.3, -0.25) is 0 Å². The molecule has 0 N–H and O–H groups in total. The van der Waals surface area contributed by atoms with Crippen LogP contribution in [0, 0.1) is 0 Å². The average molecular weight is 306 g/mol. The van der Waals surface area contributed by atoms with Crippen LogP contribution in [0.4, 0.5) is 0 Å². The largest absolute Gasteiger partial charge is 0.162 e. The van der Waals surface area contributed by atoms with E-state index in [4.69, 9.17) is 0 Å². The molecular weight excluding hydrogens is 284 g/mol. The molecule has 22 heavy (non-hydrogen) atoms. The predicted octanol–water partition coefficient (Wildman–Crippen LogP) is 5.75. The van der Waals surface area contributed by atoms with Crippen LogP contribution in [0.2, 0.25) is 0 Å². The lowest BCUT2D eigenvalue weighted by atomic mass is 9.98. The quantitative estimate of drug-likeness (QED) is 0.559. The molecule has 0 heterocycles. The molecule has 0 radical (unpaired) electrons. The molecule has 0 bridgehead atoms. The number of hydrogen-bond donors (Lipinski definition) is 0. The van der Waals surface area contributed by atoms with Gasteiger partial charge in [0.2, 0.25) is 0 Å². The lowest BCUT2D eigenvalue weighted by Gasteiger charge is -2.16. The summed E-state index contributed by atoms with van der Waals surface area (Å²) in [6.45, 7) is 0. The van der Waals surface area contributed by atoms with E-state index in [1.54, 1.807) is 0 Å². The monoisotopic (exact) mass is 306 g/mol. The van der Waals surface area contributed by atoms with E-state index >= 15 is 0 Å². The molecule has 0 amide bonds. The van der Waals surface area contributed by atoms with Crippen molar-refractivity contribution in [1.29, 1.82) is 0 Å². The van der Waals surface area contributed by atoms with Crippen molar-refractivity contribution in [3.63, 3.8) is 0 Å². The van der Waals surface area contributed by atoms with Gasteiger partial charge in [-0.15, -0.1) is 0 Å². The molecule has 0 fully saturated rings. The highest BCUT2D eigenvalue weighted by Crippen LogP contribution is 2.25. The normalized spacial score (nSPS) is 12.4. The van der Waals surface area contributed by atoms with Crippen molar-refractivity contribution in [2.24, 2.45) is 0 Å². The zero-order valence-corrected chi connectivity index (χ0v) is 13.9. The van der Waals surface area contributed by atoms with Crippen LogP contribution in [0.15, 0.2) is 72.8 Å². The minimum absolute atomic E-state index is 0.672. The topological polar surface area (TPSA) is 0 Å². The standard InChI is InChI=1S/C21H22S/c1-22-20(15-14-17-8-3-2-4-9-17)16-19-12-7-11-18-10-5-6-13-21(18)19/h2-13,20H,14-16H2,1H3. The molecule has 3 aromatic rings. The molecule has 3 aromatic carbocycles. The van der Waals surface area contributed by atoms with Crippen molar-refractivity contribution >= 4 is 22.5 Å². The smallest absolute Gasteiger partial charge is 0.00880 e. The summed E-state index contributed by atoms with van der Waals surface area (Å²) in [5.74, 6) is 0. The first kappa shape index (κ1) is 15.2. The minimum atomic E-state index is 0.672. The second-order valence-electron chi connectivity index (χ2n) is 5.72. The number of rotatable bonds is 6. The highest BCUT2D eigenvalue weighted by molar-refractivity contribution is 7.99. The van der Waals surface area contributed by atoms with Gasteiger partial charge in [-0.2, -0.15) is 11.8 Å². The third-order valence-corrected chi connectivity index (χ3v) is 5.33. The lowest BCUT2D eigenvalue weighted by molar-refractivity contribution is 0.756. The van der Waals surface area contributed by atoms with Crippen LogP contribution < -0.4 is 0 Å². The molecule has 0 spiro atoms. The summed E-state index contributed by atoms with van der Waals surface area (Å²) in [4.78, 5) is 0. The number of benzene rings is 3. The summed E-state index contributed by atoms with van der Waals surface area (Å²) in [5, 5.41) is 3.43. The number of fused-ring (bicyclic) bond motifs is 1. The zero-order chi connectivity index (χ0) is 15.2. The fourth-order valence-corrected chi connectivity index (χ4v) is 3.69. The van der Waals surface area contributed by atoms with Gasteiger partial charge in [0.05, 0.1) is 0 Å². The van der Waals surface area contributed by atoms with Crippen LogP contribution >= 0.6 is 11.8 Å². The highest BCUT2D eigenvalue weighted by Gasteiger charge is 2.10. The Morgan fingerprint density at radius 1 is 0.818 bits per heavy atom. The Hall–Kier alpha value is -1.73. The second-order valence-corrected chi connectivity index (χ2v) is 6.86. The zero-order valence-electron chi connectivity index (χ0n) is 13.0. The van der Waals surface area contributed by atoms with Crippen LogP contribution in [-0.2, 0) is 12.8 Å². The number of thioether (sulfide) groups is 1. The van der Waals surface area contributed by atoms with Gasteiger partial charge in [0.1, 0.15) is 0 Å². The minimum Gasteiger partial charge on any atom is -0.162 e. The second kappa shape index (κ2) is 7.51. The van der Waals surface area contributed by atoms with Crippen LogP contribution in [-0.4, -0.2) is 11.5 Å². The van der Waals surface area contributed by atoms with Gasteiger partial charge >= 0.3 is 0 Å². The number of hydrogen-bond acceptors (Lipinski definition) is 1. The maximum atomic E-state index is 2.29. The highest BCUT2D eigenvalue weighted by atomic mass is 32.2. The maximum Gasteiger partial charge on any atom is 0.00880 e. The number of aryl methyl sites for hydroxylation is 1. The van der Waals surface area contributed by atoms with Crippen molar-refractivity contribution in [2.75, 3.05) is 6.26 Å². The van der Waals surface area contributed by atoms with Gasteiger partial charge in [-0.25, -0.2) is 0 Å². The van der Waals surface area contributed by atoms with Gasteiger partial charge < -0.3 is 0 Å². The fraction of sp³-hybridized carbons (Fsp3) is 0.238. The summed E-state index contributed by atoms with van der Waals surface area (Å²) in [6.07, 6.45) is 5.78. The van der Waals surface area contributed by atoms with Gasteiger partial charge in [-0.1, -0.05) is 72.8 Å². The molecule has 112 valence electrons. The van der Waals surface area contributed by atoms with Gasteiger partial charge in [0, 0.05) is 5.25 Å². The molecule has 0 saturated carbocycles. The third-order valence-electron chi connectivity index (χ3n) is 4.26. The summed E-state index contributed by atoms with van der Waals surface area (Å²) in [5.41, 5.74) is 2.92. The Balaban J connectivity index is 1.71. The first-order valence-electron chi connectivity index (χ1n) is 7.90. The van der Waals surface area contributed by atoms with E-state index in [9.17, 15) is 0 Å². The molecular formula is C21H22S. The Bertz CT molecular complexity index is 713. The van der Waals surface area contributed by atoms with E-state index < -0.39 is 0 Å². The van der Waals surface area contributed by atoms with Crippen molar-refractivity contribution in [3.8, 4) is 0 Å². The van der Waals surface area contributed by atoms with Crippen molar-refractivity contribution in [1.82, 2.24) is 0 Å². The maximum absolute atomic E-state index is 2.29. The summed E-state index contributed by atoms with van der Waals surface area (Å²) in [7, 11) is 0. The van der Waals surface area contributed by atoms with E-state index in [0.717, 1.165) is 12.8 Å². The van der Waals surface area contributed by atoms with Gasteiger partial charge in [-0.05, 0) is 47.4 Å². The summed E-state index contributed by atoms with van der Waals surface area (Å²) < 4.78 is 0. The lowest BCUT2D eigenvalue weighted by Crippen LogP contribution is -2.08. The molecule has 0 aliphatic carbocycles. The molecule has 0 aliphatic rings. The summed E-state index contributed by atoms with van der Waals surface area (Å²) in [6, 6.07) is 26.2. The molecule has 0 aromatic heterocycles. The van der Waals surface area contributed by atoms with Crippen molar-refractivity contribution in [3.05, 3.63) is 83.9 Å². The Labute approximate surface area is 137 Å². The Morgan fingerprint density at radius 2 is 1.55 bits per heavy atom. The molecule has 1 heteroatoms. The fourth-order valence-electron chi connectivity index (χ4n) is 2.99. The van der Waals surface area contributed by atoms with Gasteiger partial charge in [0.25, 0.3) is 0 Å². The van der Waals surface area contributed by atoms with E-state index in [1.807, 2.05) is 11.8 Å². The predicted molar refractivity (Wildman–Crippen MR) is 99.7 cm³/mol.